The van der Waals surface area contributed by atoms with Crippen LogP contribution in [-0.4, -0.2) is 44.8 Å². The molecule has 1 aliphatic rings. The van der Waals surface area contributed by atoms with E-state index in [2.05, 4.69) is 38.5 Å². The van der Waals surface area contributed by atoms with Crippen molar-refractivity contribution in [2.45, 2.75) is 6.04 Å². The number of hydrogen-bond acceptors (Lipinski definition) is 6. The van der Waals surface area contributed by atoms with Gasteiger partial charge in [-0.15, -0.1) is 0 Å². The molecule has 5 rings (SSSR count). The summed E-state index contributed by atoms with van der Waals surface area (Å²) in [6, 6.07) is 11.6. The van der Waals surface area contributed by atoms with Gasteiger partial charge in [0.15, 0.2) is 0 Å². The highest BCUT2D eigenvalue weighted by molar-refractivity contribution is 6.05. The molecule has 1 fully saturated rings. The van der Waals surface area contributed by atoms with E-state index in [0.29, 0.717) is 11.4 Å². The molecule has 30 heavy (non-hydrogen) atoms. The molecule has 0 radical (unpaired) electrons. The summed E-state index contributed by atoms with van der Waals surface area (Å²) in [6.07, 6.45) is 7.00. The molecule has 0 unspecified atom stereocenters. The summed E-state index contributed by atoms with van der Waals surface area (Å²) in [7, 11) is 1.90. The molecule has 4 aromatic rings. The molecule has 3 N–H and O–H groups in total. The van der Waals surface area contributed by atoms with E-state index >= 15 is 0 Å². The molecule has 3 aromatic heterocycles. The average molecular weight is 399 g/mol. The third kappa shape index (κ3) is 3.37. The summed E-state index contributed by atoms with van der Waals surface area (Å²) in [5.41, 5.74) is 8.61. The van der Waals surface area contributed by atoms with Crippen molar-refractivity contribution >= 4 is 28.3 Å². The Bertz CT molecular complexity index is 1230. The Labute approximate surface area is 173 Å². The number of nitrogens with two attached hydrogens (primary N) is 1. The topological polar surface area (TPSA) is 102 Å². The molecule has 0 bridgehead atoms. The lowest BCUT2D eigenvalue weighted by molar-refractivity contribution is 0.102. The molecular formula is C22H21N7O. The molecule has 0 saturated carbocycles. The average Bonchev–Trinajstić information content (AvgIpc) is 3.17. The van der Waals surface area contributed by atoms with Gasteiger partial charge in [-0.1, -0.05) is 12.1 Å². The molecule has 0 aliphatic carbocycles. The molecule has 0 atom stereocenters. The van der Waals surface area contributed by atoms with Gasteiger partial charge in [0.05, 0.1) is 6.20 Å². The lowest BCUT2D eigenvalue weighted by atomic mass is 10.0. The van der Waals surface area contributed by atoms with Gasteiger partial charge in [0, 0.05) is 61.3 Å². The van der Waals surface area contributed by atoms with E-state index in [9.17, 15) is 4.79 Å². The van der Waals surface area contributed by atoms with E-state index in [1.54, 1.807) is 29.2 Å². The quantitative estimate of drug-likeness (QED) is 0.546. The highest BCUT2D eigenvalue weighted by Crippen LogP contribution is 2.33. The minimum atomic E-state index is -0.223. The van der Waals surface area contributed by atoms with Crippen molar-refractivity contribution in [2.24, 2.45) is 12.8 Å². The standard InChI is InChI=1S/C22H21N7O/c1-28-11-17(10-25-28)15-2-3-19-16(8-15)9-20(26-21(19)29-12-18(23)13-29)27-22(30)14-4-6-24-7-5-14/h2-11,18H,12-13,23H2,1H3,(H,26,27,30). The van der Waals surface area contributed by atoms with E-state index in [0.717, 1.165) is 40.8 Å². The summed E-state index contributed by atoms with van der Waals surface area (Å²) in [5.74, 6) is 1.11. The molecule has 1 aromatic carbocycles. The number of nitrogens with zero attached hydrogens (tertiary/aromatic N) is 5. The number of aryl methyl sites for hydroxylation is 1. The Kier molecular flexibility index (Phi) is 4.40. The van der Waals surface area contributed by atoms with Gasteiger partial charge in [-0.25, -0.2) is 4.98 Å². The van der Waals surface area contributed by atoms with Crippen LogP contribution in [0.3, 0.4) is 0 Å². The van der Waals surface area contributed by atoms with E-state index < -0.39 is 0 Å². The van der Waals surface area contributed by atoms with Crippen molar-refractivity contribution < 1.29 is 4.79 Å². The van der Waals surface area contributed by atoms with Crippen molar-refractivity contribution in [1.29, 1.82) is 0 Å². The fourth-order valence-electron chi connectivity index (χ4n) is 3.67. The lowest BCUT2D eigenvalue weighted by Crippen LogP contribution is -2.56. The van der Waals surface area contributed by atoms with Crippen LogP contribution in [-0.2, 0) is 7.05 Å². The van der Waals surface area contributed by atoms with E-state index in [1.165, 1.54) is 0 Å². The SMILES string of the molecule is Cn1cc(-c2ccc3c(N4CC(N)C4)nc(NC(=O)c4ccncc4)cc3c2)cn1. The molecule has 150 valence electrons. The smallest absolute Gasteiger partial charge is 0.256 e. The zero-order valence-corrected chi connectivity index (χ0v) is 16.5. The second kappa shape index (κ2) is 7.23. The van der Waals surface area contributed by atoms with E-state index in [4.69, 9.17) is 10.7 Å². The maximum absolute atomic E-state index is 12.6. The van der Waals surface area contributed by atoms with Crippen molar-refractivity contribution in [3.63, 3.8) is 0 Å². The molecule has 0 spiro atoms. The lowest BCUT2D eigenvalue weighted by Gasteiger charge is -2.38. The van der Waals surface area contributed by atoms with Gasteiger partial charge in [-0.2, -0.15) is 5.10 Å². The molecule has 4 heterocycles. The number of aromatic nitrogens is 4. The van der Waals surface area contributed by atoms with Gasteiger partial charge < -0.3 is 16.0 Å². The van der Waals surface area contributed by atoms with Gasteiger partial charge in [-0.3, -0.25) is 14.5 Å². The van der Waals surface area contributed by atoms with E-state index in [1.807, 2.05) is 25.5 Å². The first-order chi connectivity index (χ1) is 14.6. The van der Waals surface area contributed by atoms with Gasteiger partial charge in [0.1, 0.15) is 11.6 Å². The second-order valence-corrected chi connectivity index (χ2v) is 7.52. The first-order valence-corrected chi connectivity index (χ1v) is 9.72. The summed E-state index contributed by atoms with van der Waals surface area (Å²) >= 11 is 0. The van der Waals surface area contributed by atoms with Crippen LogP contribution in [0.2, 0.25) is 0 Å². The normalized spacial score (nSPS) is 14.0. The molecule has 1 amide bonds. The summed E-state index contributed by atoms with van der Waals surface area (Å²) in [4.78, 5) is 23.5. The minimum absolute atomic E-state index is 0.145. The van der Waals surface area contributed by atoms with Gasteiger partial charge in [0.2, 0.25) is 0 Å². The monoisotopic (exact) mass is 399 g/mol. The number of rotatable bonds is 4. The third-order valence-electron chi connectivity index (χ3n) is 5.24. The maximum atomic E-state index is 12.6. The summed E-state index contributed by atoms with van der Waals surface area (Å²) < 4.78 is 1.78. The molecule has 1 saturated heterocycles. The van der Waals surface area contributed by atoms with Gasteiger partial charge in [-0.05, 0) is 35.2 Å². The minimum Gasteiger partial charge on any atom is -0.353 e. The first kappa shape index (κ1) is 18.3. The largest absolute Gasteiger partial charge is 0.353 e. The fourth-order valence-corrected chi connectivity index (χ4v) is 3.67. The fraction of sp³-hybridized carbons (Fsp3) is 0.182. The molecule has 8 nitrogen and oxygen atoms in total. The first-order valence-electron chi connectivity index (χ1n) is 9.72. The number of hydrogen-bond donors (Lipinski definition) is 2. The number of carbonyl (C=O) groups excluding carboxylic acids is 1. The Morgan fingerprint density at radius 2 is 1.93 bits per heavy atom. The Morgan fingerprint density at radius 3 is 2.63 bits per heavy atom. The maximum Gasteiger partial charge on any atom is 0.256 e. The highest BCUT2D eigenvalue weighted by Gasteiger charge is 2.26. The zero-order valence-electron chi connectivity index (χ0n) is 16.5. The number of amides is 1. The van der Waals surface area contributed by atoms with Crippen LogP contribution in [0.1, 0.15) is 10.4 Å². The van der Waals surface area contributed by atoms with Crippen molar-refractivity contribution in [3.8, 4) is 11.1 Å². The van der Waals surface area contributed by atoms with Crippen LogP contribution in [0.15, 0.2) is 61.2 Å². The predicted molar refractivity (Wildman–Crippen MR) is 116 cm³/mol. The summed E-state index contributed by atoms with van der Waals surface area (Å²) in [5, 5.41) is 9.19. The number of fused-ring (bicyclic) bond motifs is 1. The van der Waals surface area contributed by atoms with Crippen molar-refractivity contribution in [2.75, 3.05) is 23.3 Å². The van der Waals surface area contributed by atoms with Crippen LogP contribution in [0.5, 0.6) is 0 Å². The predicted octanol–water partition coefficient (Wildman–Crippen LogP) is 2.43. The molecule has 8 heteroatoms. The number of nitrogens with one attached hydrogen (secondary N) is 1. The second-order valence-electron chi connectivity index (χ2n) is 7.52. The Morgan fingerprint density at radius 1 is 1.13 bits per heavy atom. The van der Waals surface area contributed by atoms with Crippen molar-refractivity contribution in [3.05, 3.63) is 66.7 Å². The third-order valence-corrected chi connectivity index (χ3v) is 5.24. The molecule has 1 aliphatic heterocycles. The summed E-state index contributed by atoms with van der Waals surface area (Å²) in [6.45, 7) is 1.49. The van der Waals surface area contributed by atoms with Crippen LogP contribution in [0.25, 0.3) is 21.9 Å². The van der Waals surface area contributed by atoms with Gasteiger partial charge >= 0.3 is 0 Å². The van der Waals surface area contributed by atoms with Crippen LogP contribution in [0, 0.1) is 0 Å². The van der Waals surface area contributed by atoms with E-state index in [-0.39, 0.29) is 11.9 Å². The van der Waals surface area contributed by atoms with Crippen LogP contribution >= 0.6 is 0 Å². The Hall–Kier alpha value is -3.78. The molecular weight excluding hydrogens is 378 g/mol. The number of anilines is 2. The highest BCUT2D eigenvalue weighted by atomic mass is 16.1. The number of carbonyl (C=O) groups is 1. The van der Waals surface area contributed by atoms with Gasteiger partial charge in [0.25, 0.3) is 5.91 Å². The van der Waals surface area contributed by atoms with Crippen LogP contribution in [0.4, 0.5) is 11.6 Å². The number of benzene rings is 1. The van der Waals surface area contributed by atoms with Crippen LogP contribution < -0.4 is 16.0 Å². The zero-order chi connectivity index (χ0) is 20.7. The number of pyridine rings is 2. The Balaban J connectivity index is 1.57. The van der Waals surface area contributed by atoms with Crippen molar-refractivity contribution in [1.82, 2.24) is 19.7 Å².